The Morgan fingerprint density at radius 3 is 2.75 bits per heavy atom. The van der Waals surface area contributed by atoms with Gasteiger partial charge in [0.1, 0.15) is 11.4 Å². The van der Waals surface area contributed by atoms with Gasteiger partial charge in [0.15, 0.2) is 0 Å². The van der Waals surface area contributed by atoms with Crippen molar-refractivity contribution >= 4 is 17.2 Å². The largest absolute Gasteiger partial charge is 0.483 e. The highest BCUT2D eigenvalue weighted by Crippen LogP contribution is 2.38. The molecule has 20 heavy (non-hydrogen) atoms. The Kier molecular flexibility index (Phi) is 3.48. The van der Waals surface area contributed by atoms with Crippen molar-refractivity contribution in [3.63, 3.8) is 0 Å². The standard InChI is InChI=1S/C14H16N2O4/c1-4-15-13(17)11-8-14(2,3)20-12-6-5-9(16(18)19)7-10(11)12/h5-8H,4H2,1-3H3,(H,15,17). The van der Waals surface area contributed by atoms with Crippen molar-refractivity contribution in [3.05, 3.63) is 40.0 Å². The molecule has 0 fully saturated rings. The van der Waals surface area contributed by atoms with Crippen LogP contribution in [-0.4, -0.2) is 23.0 Å². The second-order valence-corrected chi connectivity index (χ2v) is 5.06. The number of nitro benzene ring substituents is 1. The first-order valence-corrected chi connectivity index (χ1v) is 6.33. The van der Waals surface area contributed by atoms with Crippen LogP contribution >= 0.6 is 0 Å². The molecule has 0 atom stereocenters. The Hall–Kier alpha value is -2.37. The normalized spacial score (nSPS) is 15.7. The lowest BCUT2D eigenvalue weighted by Crippen LogP contribution is -2.33. The first-order chi connectivity index (χ1) is 9.34. The molecule has 1 heterocycles. The molecule has 0 saturated carbocycles. The maximum absolute atomic E-state index is 12.1. The summed E-state index contributed by atoms with van der Waals surface area (Å²) in [5.41, 5.74) is 0.150. The van der Waals surface area contributed by atoms with Crippen LogP contribution in [0.5, 0.6) is 5.75 Å². The van der Waals surface area contributed by atoms with Gasteiger partial charge in [-0.2, -0.15) is 0 Å². The predicted molar refractivity (Wildman–Crippen MR) is 74.5 cm³/mol. The first-order valence-electron chi connectivity index (χ1n) is 6.33. The molecule has 0 aliphatic carbocycles. The van der Waals surface area contributed by atoms with Gasteiger partial charge in [0, 0.05) is 24.2 Å². The van der Waals surface area contributed by atoms with E-state index in [9.17, 15) is 14.9 Å². The lowest BCUT2D eigenvalue weighted by molar-refractivity contribution is -0.384. The number of nitrogens with one attached hydrogen (secondary N) is 1. The van der Waals surface area contributed by atoms with Gasteiger partial charge in [-0.3, -0.25) is 14.9 Å². The average Bonchev–Trinajstić information content (AvgIpc) is 2.36. The Morgan fingerprint density at radius 2 is 2.15 bits per heavy atom. The number of nitro groups is 1. The lowest BCUT2D eigenvalue weighted by atomic mass is 9.94. The van der Waals surface area contributed by atoms with E-state index in [1.54, 1.807) is 6.08 Å². The number of amides is 1. The van der Waals surface area contributed by atoms with Gasteiger partial charge in [0.2, 0.25) is 0 Å². The maximum atomic E-state index is 12.1. The first kappa shape index (κ1) is 14.0. The van der Waals surface area contributed by atoms with Crippen LogP contribution in [0.3, 0.4) is 0 Å². The Bertz CT molecular complexity index is 605. The van der Waals surface area contributed by atoms with E-state index in [1.807, 2.05) is 20.8 Å². The SMILES string of the molecule is CCNC(=O)C1=CC(C)(C)Oc2ccc([N+](=O)[O-])cc21. The zero-order chi connectivity index (χ0) is 14.9. The summed E-state index contributed by atoms with van der Waals surface area (Å²) in [5, 5.41) is 13.6. The molecule has 6 heteroatoms. The van der Waals surface area contributed by atoms with Crippen molar-refractivity contribution in [2.75, 3.05) is 6.54 Å². The summed E-state index contributed by atoms with van der Waals surface area (Å²) in [4.78, 5) is 22.5. The number of carbonyl (C=O) groups is 1. The number of ether oxygens (including phenoxy) is 1. The second-order valence-electron chi connectivity index (χ2n) is 5.06. The van der Waals surface area contributed by atoms with Gasteiger partial charge in [-0.25, -0.2) is 0 Å². The summed E-state index contributed by atoms with van der Waals surface area (Å²) >= 11 is 0. The van der Waals surface area contributed by atoms with Crippen molar-refractivity contribution in [1.82, 2.24) is 5.32 Å². The van der Waals surface area contributed by atoms with E-state index in [0.717, 1.165) is 0 Å². The lowest BCUT2D eigenvalue weighted by Gasteiger charge is -2.30. The zero-order valence-electron chi connectivity index (χ0n) is 11.6. The summed E-state index contributed by atoms with van der Waals surface area (Å²) < 4.78 is 5.73. The predicted octanol–water partition coefficient (Wildman–Crippen LogP) is 2.29. The number of hydrogen-bond donors (Lipinski definition) is 1. The monoisotopic (exact) mass is 276 g/mol. The summed E-state index contributed by atoms with van der Waals surface area (Å²) in [6.07, 6.45) is 1.68. The van der Waals surface area contributed by atoms with E-state index < -0.39 is 10.5 Å². The molecule has 0 radical (unpaired) electrons. The topological polar surface area (TPSA) is 81.5 Å². The molecule has 0 bridgehead atoms. The zero-order valence-corrected chi connectivity index (χ0v) is 11.6. The van der Waals surface area contributed by atoms with Gasteiger partial charge in [-0.05, 0) is 32.9 Å². The molecule has 2 rings (SSSR count). The number of likely N-dealkylation sites (N-methyl/N-ethyl adjacent to an activating group) is 1. The van der Waals surface area contributed by atoms with E-state index in [2.05, 4.69) is 5.32 Å². The Morgan fingerprint density at radius 1 is 1.45 bits per heavy atom. The summed E-state index contributed by atoms with van der Waals surface area (Å²) in [5.74, 6) is 0.218. The fraction of sp³-hybridized carbons (Fsp3) is 0.357. The number of benzene rings is 1. The molecule has 1 aliphatic rings. The van der Waals surface area contributed by atoms with Crippen LogP contribution in [-0.2, 0) is 4.79 Å². The molecular weight excluding hydrogens is 260 g/mol. The van der Waals surface area contributed by atoms with Gasteiger partial charge < -0.3 is 10.1 Å². The molecule has 0 saturated heterocycles. The number of carbonyl (C=O) groups excluding carboxylic acids is 1. The molecule has 0 aromatic heterocycles. The van der Waals surface area contributed by atoms with Crippen molar-refractivity contribution in [1.29, 1.82) is 0 Å². The molecule has 0 unspecified atom stereocenters. The van der Waals surface area contributed by atoms with Crippen LogP contribution < -0.4 is 10.1 Å². The van der Waals surface area contributed by atoms with Crippen LogP contribution in [0.25, 0.3) is 5.57 Å². The average molecular weight is 276 g/mol. The number of hydrogen-bond acceptors (Lipinski definition) is 4. The summed E-state index contributed by atoms with van der Waals surface area (Å²) in [6, 6.07) is 4.27. The molecule has 1 aliphatic heterocycles. The van der Waals surface area contributed by atoms with Gasteiger partial charge in [0.25, 0.3) is 11.6 Å². The van der Waals surface area contributed by atoms with Crippen molar-refractivity contribution in [2.45, 2.75) is 26.4 Å². The number of non-ortho nitro benzene ring substituents is 1. The Labute approximate surface area is 116 Å². The van der Waals surface area contributed by atoms with Crippen molar-refractivity contribution in [3.8, 4) is 5.75 Å². The molecule has 106 valence electrons. The van der Waals surface area contributed by atoms with Crippen molar-refractivity contribution < 1.29 is 14.5 Å². The third kappa shape index (κ3) is 2.64. The fourth-order valence-corrected chi connectivity index (χ4v) is 2.11. The molecule has 1 aromatic rings. The molecule has 1 amide bonds. The quantitative estimate of drug-likeness (QED) is 0.678. The van der Waals surface area contributed by atoms with Crippen LogP contribution in [0.4, 0.5) is 5.69 Å². The minimum Gasteiger partial charge on any atom is -0.483 e. The molecule has 1 N–H and O–H groups in total. The van der Waals surface area contributed by atoms with E-state index >= 15 is 0 Å². The summed E-state index contributed by atoms with van der Waals surface area (Å²) in [7, 11) is 0. The minimum atomic E-state index is -0.635. The summed E-state index contributed by atoms with van der Waals surface area (Å²) in [6.45, 7) is 5.96. The molecular formula is C14H16N2O4. The van der Waals surface area contributed by atoms with Gasteiger partial charge >= 0.3 is 0 Å². The highest BCUT2D eigenvalue weighted by molar-refractivity contribution is 6.21. The number of rotatable bonds is 3. The third-order valence-electron chi connectivity index (χ3n) is 2.91. The van der Waals surface area contributed by atoms with Crippen LogP contribution in [0.2, 0.25) is 0 Å². The van der Waals surface area contributed by atoms with E-state index in [-0.39, 0.29) is 11.6 Å². The van der Waals surface area contributed by atoms with Crippen LogP contribution in [0.15, 0.2) is 24.3 Å². The van der Waals surface area contributed by atoms with Crippen LogP contribution in [0, 0.1) is 10.1 Å². The molecule has 6 nitrogen and oxygen atoms in total. The highest BCUT2D eigenvalue weighted by atomic mass is 16.6. The van der Waals surface area contributed by atoms with E-state index in [0.29, 0.717) is 23.4 Å². The smallest absolute Gasteiger partial charge is 0.270 e. The Balaban J connectivity index is 2.55. The van der Waals surface area contributed by atoms with Gasteiger partial charge in [-0.15, -0.1) is 0 Å². The van der Waals surface area contributed by atoms with Gasteiger partial charge in [-0.1, -0.05) is 0 Å². The third-order valence-corrected chi connectivity index (χ3v) is 2.91. The number of fused-ring (bicyclic) bond motifs is 1. The fourth-order valence-electron chi connectivity index (χ4n) is 2.11. The minimum absolute atomic E-state index is 0.0674. The van der Waals surface area contributed by atoms with E-state index in [1.165, 1.54) is 18.2 Å². The van der Waals surface area contributed by atoms with E-state index in [4.69, 9.17) is 4.74 Å². The highest BCUT2D eigenvalue weighted by Gasteiger charge is 2.30. The molecule has 0 spiro atoms. The van der Waals surface area contributed by atoms with Crippen LogP contribution in [0.1, 0.15) is 26.3 Å². The van der Waals surface area contributed by atoms with Gasteiger partial charge in [0.05, 0.1) is 10.5 Å². The van der Waals surface area contributed by atoms with Crippen molar-refractivity contribution in [2.24, 2.45) is 0 Å². The maximum Gasteiger partial charge on any atom is 0.270 e. The second kappa shape index (κ2) is 4.96. The molecule has 1 aromatic carbocycles. The number of nitrogens with zero attached hydrogens (tertiary/aromatic N) is 1.